The molecule has 4 heteroatoms. The summed E-state index contributed by atoms with van der Waals surface area (Å²) >= 11 is 0. The van der Waals surface area contributed by atoms with E-state index >= 15 is 0 Å². The summed E-state index contributed by atoms with van der Waals surface area (Å²) < 4.78 is 0. The maximum atomic E-state index is 11.2. The van der Waals surface area contributed by atoms with Crippen LogP contribution in [0.15, 0.2) is 0 Å². The van der Waals surface area contributed by atoms with Crippen LogP contribution in [0.1, 0.15) is 32.1 Å². The predicted octanol–water partition coefficient (Wildman–Crippen LogP) is -0.0663. The summed E-state index contributed by atoms with van der Waals surface area (Å²) in [6.07, 6.45) is 5.06. The molecule has 2 fully saturated rings. The number of hydrogen-bond acceptors (Lipinski definition) is 3. The Bertz CT molecular complexity index is 234. The normalized spacial score (nSPS) is 29.7. The number of nitrogens with one attached hydrogen (secondary N) is 2. The van der Waals surface area contributed by atoms with E-state index in [1.165, 1.54) is 12.8 Å². The molecule has 72 valence electrons. The fourth-order valence-electron chi connectivity index (χ4n) is 2.07. The molecule has 1 saturated heterocycles. The Hall–Kier alpha value is -0.900. The van der Waals surface area contributed by atoms with E-state index in [9.17, 15) is 9.59 Å². The minimum Gasteiger partial charge on any atom is -0.303 e. The van der Waals surface area contributed by atoms with Gasteiger partial charge in [-0.1, -0.05) is 12.8 Å². The van der Waals surface area contributed by atoms with E-state index in [1.807, 2.05) is 0 Å². The molecule has 2 aliphatic rings. The Labute approximate surface area is 77.1 Å². The smallest absolute Gasteiger partial charge is 0.244 e. The van der Waals surface area contributed by atoms with E-state index in [-0.39, 0.29) is 17.9 Å². The van der Waals surface area contributed by atoms with E-state index < -0.39 is 0 Å². The molecule has 2 N–H and O–H groups in total. The Kier molecular flexibility index (Phi) is 2.31. The van der Waals surface area contributed by atoms with Crippen molar-refractivity contribution in [3.8, 4) is 0 Å². The number of carbonyl (C=O) groups excluding carboxylic acids is 2. The minimum atomic E-state index is -0.268. The van der Waals surface area contributed by atoms with Gasteiger partial charge in [0.1, 0.15) is 0 Å². The summed E-state index contributed by atoms with van der Waals surface area (Å²) in [6, 6.07) is 0.178. The monoisotopic (exact) mass is 182 g/mol. The maximum absolute atomic E-state index is 11.2. The number of amides is 2. The van der Waals surface area contributed by atoms with Crippen LogP contribution in [0.2, 0.25) is 0 Å². The molecular weight excluding hydrogens is 168 g/mol. The first-order valence-electron chi connectivity index (χ1n) is 4.85. The highest BCUT2D eigenvalue weighted by molar-refractivity contribution is 6.05. The van der Waals surface area contributed by atoms with E-state index in [0.717, 1.165) is 12.8 Å². The molecule has 4 nitrogen and oxygen atoms in total. The molecular formula is C9H14N2O2. The van der Waals surface area contributed by atoms with Crippen molar-refractivity contribution in [3.63, 3.8) is 0 Å². The molecule has 0 spiro atoms. The number of imide groups is 1. The SMILES string of the molecule is O=C1CC(NC2CCCC2)C(=O)N1. The molecule has 1 atom stereocenters. The van der Waals surface area contributed by atoms with Crippen molar-refractivity contribution in [1.29, 1.82) is 0 Å². The fraction of sp³-hybridized carbons (Fsp3) is 0.778. The number of carbonyl (C=O) groups is 2. The second-order valence-corrected chi connectivity index (χ2v) is 3.82. The summed E-state index contributed by atoms with van der Waals surface area (Å²) in [5.74, 6) is -0.308. The predicted molar refractivity (Wildman–Crippen MR) is 46.9 cm³/mol. The van der Waals surface area contributed by atoms with Gasteiger partial charge >= 0.3 is 0 Å². The van der Waals surface area contributed by atoms with Crippen molar-refractivity contribution in [3.05, 3.63) is 0 Å². The molecule has 1 aliphatic heterocycles. The van der Waals surface area contributed by atoms with Gasteiger partial charge in [-0.05, 0) is 12.8 Å². The first-order chi connectivity index (χ1) is 6.25. The van der Waals surface area contributed by atoms with Crippen molar-refractivity contribution in [2.24, 2.45) is 0 Å². The van der Waals surface area contributed by atoms with Gasteiger partial charge < -0.3 is 5.32 Å². The van der Waals surface area contributed by atoms with Gasteiger partial charge in [0.2, 0.25) is 11.8 Å². The quantitative estimate of drug-likeness (QED) is 0.588. The van der Waals surface area contributed by atoms with Gasteiger partial charge in [0, 0.05) is 6.04 Å². The van der Waals surface area contributed by atoms with Gasteiger partial charge in [-0.25, -0.2) is 0 Å². The van der Waals surface area contributed by atoms with Gasteiger partial charge in [0.25, 0.3) is 0 Å². The molecule has 2 amide bonds. The van der Waals surface area contributed by atoms with Crippen LogP contribution >= 0.6 is 0 Å². The zero-order valence-electron chi connectivity index (χ0n) is 7.51. The van der Waals surface area contributed by atoms with Crippen LogP contribution in [0.3, 0.4) is 0 Å². The molecule has 0 aromatic heterocycles. The van der Waals surface area contributed by atoms with Crippen LogP contribution in [0, 0.1) is 0 Å². The second-order valence-electron chi connectivity index (χ2n) is 3.82. The standard InChI is InChI=1S/C9H14N2O2/c12-8-5-7(9(13)11-8)10-6-3-1-2-4-6/h6-7,10H,1-5H2,(H,11,12,13). The molecule has 0 aromatic rings. The Morgan fingerprint density at radius 3 is 2.46 bits per heavy atom. The third-order valence-electron chi connectivity index (χ3n) is 2.76. The topological polar surface area (TPSA) is 58.2 Å². The summed E-state index contributed by atoms with van der Waals surface area (Å²) in [4.78, 5) is 22.0. The van der Waals surface area contributed by atoms with Gasteiger partial charge in [-0.3, -0.25) is 14.9 Å². The van der Waals surface area contributed by atoms with Crippen molar-refractivity contribution in [2.75, 3.05) is 0 Å². The zero-order chi connectivity index (χ0) is 9.26. The molecule has 0 radical (unpaired) electrons. The summed E-state index contributed by atoms with van der Waals surface area (Å²) in [5, 5.41) is 5.53. The summed E-state index contributed by atoms with van der Waals surface area (Å²) in [5.41, 5.74) is 0. The van der Waals surface area contributed by atoms with E-state index in [2.05, 4.69) is 10.6 Å². The van der Waals surface area contributed by atoms with Crippen molar-refractivity contribution >= 4 is 11.8 Å². The highest BCUT2D eigenvalue weighted by Gasteiger charge is 2.32. The molecule has 0 aromatic carbocycles. The molecule has 1 unspecified atom stereocenters. The van der Waals surface area contributed by atoms with Crippen molar-refractivity contribution < 1.29 is 9.59 Å². The zero-order valence-corrected chi connectivity index (χ0v) is 7.51. The van der Waals surface area contributed by atoms with Gasteiger partial charge in [-0.2, -0.15) is 0 Å². The van der Waals surface area contributed by atoms with Gasteiger partial charge in [0.15, 0.2) is 0 Å². The van der Waals surface area contributed by atoms with E-state index in [1.54, 1.807) is 0 Å². The van der Waals surface area contributed by atoms with Crippen molar-refractivity contribution in [2.45, 2.75) is 44.2 Å². The molecule has 1 aliphatic carbocycles. The van der Waals surface area contributed by atoms with Gasteiger partial charge in [-0.15, -0.1) is 0 Å². The lowest BCUT2D eigenvalue weighted by Crippen LogP contribution is -2.41. The molecule has 1 heterocycles. The highest BCUT2D eigenvalue weighted by Crippen LogP contribution is 2.19. The molecule has 0 bridgehead atoms. The first kappa shape index (κ1) is 8.69. The Balaban J connectivity index is 1.87. The van der Waals surface area contributed by atoms with Crippen LogP contribution in [0.25, 0.3) is 0 Å². The lowest BCUT2D eigenvalue weighted by molar-refractivity contribution is -0.125. The lowest BCUT2D eigenvalue weighted by atomic mass is 10.2. The molecule has 1 saturated carbocycles. The number of hydrogen-bond donors (Lipinski definition) is 2. The average Bonchev–Trinajstić information content (AvgIpc) is 2.63. The Morgan fingerprint density at radius 2 is 1.92 bits per heavy atom. The third-order valence-corrected chi connectivity index (χ3v) is 2.76. The van der Waals surface area contributed by atoms with E-state index in [4.69, 9.17) is 0 Å². The Morgan fingerprint density at radius 1 is 1.23 bits per heavy atom. The second kappa shape index (κ2) is 3.46. The number of rotatable bonds is 2. The third kappa shape index (κ3) is 1.88. The van der Waals surface area contributed by atoms with Crippen LogP contribution in [-0.2, 0) is 9.59 Å². The van der Waals surface area contributed by atoms with Crippen LogP contribution < -0.4 is 10.6 Å². The average molecular weight is 182 g/mol. The van der Waals surface area contributed by atoms with Crippen molar-refractivity contribution in [1.82, 2.24) is 10.6 Å². The van der Waals surface area contributed by atoms with Gasteiger partial charge in [0.05, 0.1) is 12.5 Å². The largest absolute Gasteiger partial charge is 0.303 e. The highest BCUT2D eigenvalue weighted by atomic mass is 16.2. The molecule has 13 heavy (non-hydrogen) atoms. The van der Waals surface area contributed by atoms with Crippen LogP contribution in [-0.4, -0.2) is 23.9 Å². The molecule has 2 rings (SSSR count). The van der Waals surface area contributed by atoms with E-state index in [0.29, 0.717) is 12.5 Å². The lowest BCUT2D eigenvalue weighted by Gasteiger charge is -2.15. The summed E-state index contributed by atoms with van der Waals surface area (Å²) in [7, 11) is 0. The summed E-state index contributed by atoms with van der Waals surface area (Å²) in [6.45, 7) is 0. The first-order valence-corrected chi connectivity index (χ1v) is 4.85. The van der Waals surface area contributed by atoms with Crippen LogP contribution in [0.5, 0.6) is 0 Å². The minimum absolute atomic E-state index is 0.152. The fourth-order valence-corrected chi connectivity index (χ4v) is 2.07. The maximum Gasteiger partial charge on any atom is 0.244 e. The van der Waals surface area contributed by atoms with Crippen LogP contribution in [0.4, 0.5) is 0 Å².